The van der Waals surface area contributed by atoms with Crippen LogP contribution >= 0.6 is 15.9 Å². The molecule has 0 radical (unpaired) electrons. The Hall–Kier alpha value is -1.52. The number of fused-ring (bicyclic) bond motifs is 1. The highest BCUT2D eigenvalue weighted by molar-refractivity contribution is 9.10. The van der Waals surface area contributed by atoms with Crippen LogP contribution in [0.5, 0.6) is 11.5 Å². The van der Waals surface area contributed by atoms with Crippen LogP contribution in [0.1, 0.15) is 11.1 Å². The van der Waals surface area contributed by atoms with Crippen molar-refractivity contribution in [2.75, 3.05) is 13.2 Å². The van der Waals surface area contributed by atoms with Crippen LogP contribution in [0.3, 0.4) is 0 Å². The molecule has 2 aromatic carbocycles. The van der Waals surface area contributed by atoms with Crippen LogP contribution in [-0.4, -0.2) is 13.2 Å². The third-order valence-corrected chi connectivity index (χ3v) is 3.75. The van der Waals surface area contributed by atoms with Gasteiger partial charge in [0.05, 0.1) is 4.47 Å². The number of benzene rings is 2. The molecule has 4 heteroatoms. The van der Waals surface area contributed by atoms with E-state index in [4.69, 9.17) is 9.47 Å². The predicted octanol–water partition coefficient (Wildman–Crippen LogP) is 3.51. The molecule has 0 saturated carbocycles. The zero-order chi connectivity index (χ0) is 13.8. The summed E-state index contributed by atoms with van der Waals surface area (Å²) in [4.78, 5) is 0. The fourth-order valence-corrected chi connectivity index (χ4v) is 2.82. The predicted molar refractivity (Wildman–Crippen MR) is 82.1 cm³/mol. The molecular weight excluding hydrogens is 318 g/mol. The summed E-state index contributed by atoms with van der Waals surface area (Å²) < 4.78 is 12.2. The Morgan fingerprint density at radius 2 is 1.70 bits per heavy atom. The van der Waals surface area contributed by atoms with Gasteiger partial charge in [-0.15, -0.1) is 0 Å². The molecule has 1 aliphatic rings. The first-order valence-corrected chi connectivity index (χ1v) is 7.45. The van der Waals surface area contributed by atoms with Crippen LogP contribution in [0.25, 0.3) is 0 Å². The minimum atomic E-state index is 0.608. The van der Waals surface area contributed by atoms with Gasteiger partial charge in [0, 0.05) is 13.1 Å². The number of nitrogens with one attached hydrogen (secondary N) is 1. The van der Waals surface area contributed by atoms with Crippen molar-refractivity contribution in [3.63, 3.8) is 0 Å². The summed E-state index contributed by atoms with van der Waals surface area (Å²) in [5.74, 6) is 1.63. The molecule has 0 aromatic heterocycles. The maximum absolute atomic E-state index is 5.63. The lowest BCUT2D eigenvalue weighted by Gasteiger charge is -2.20. The Labute approximate surface area is 127 Å². The van der Waals surface area contributed by atoms with Crippen molar-refractivity contribution in [3.05, 3.63) is 58.1 Å². The number of hydrogen-bond donors (Lipinski definition) is 1. The van der Waals surface area contributed by atoms with E-state index in [0.717, 1.165) is 29.1 Å². The minimum Gasteiger partial charge on any atom is -0.486 e. The maximum Gasteiger partial charge on any atom is 0.175 e. The highest BCUT2D eigenvalue weighted by Crippen LogP contribution is 2.38. The topological polar surface area (TPSA) is 30.5 Å². The molecule has 3 rings (SSSR count). The molecule has 0 fully saturated rings. The van der Waals surface area contributed by atoms with E-state index in [9.17, 15) is 0 Å². The summed E-state index contributed by atoms with van der Waals surface area (Å²) >= 11 is 3.54. The van der Waals surface area contributed by atoms with Gasteiger partial charge in [0.1, 0.15) is 13.2 Å². The summed E-state index contributed by atoms with van der Waals surface area (Å²) in [6.45, 7) is 2.87. The molecule has 3 nitrogen and oxygen atoms in total. The van der Waals surface area contributed by atoms with E-state index in [0.29, 0.717) is 13.2 Å². The van der Waals surface area contributed by atoms with Gasteiger partial charge in [0.15, 0.2) is 11.5 Å². The quantitative estimate of drug-likeness (QED) is 0.928. The molecule has 20 heavy (non-hydrogen) atoms. The van der Waals surface area contributed by atoms with E-state index in [1.54, 1.807) is 0 Å². The van der Waals surface area contributed by atoms with Gasteiger partial charge >= 0.3 is 0 Å². The highest BCUT2D eigenvalue weighted by atomic mass is 79.9. The molecule has 2 aromatic rings. The van der Waals surface area contributed by atoms with Gasteiger partial charge in [-0.2, -0.15) is 0 Å². The Balaban J connectivity index is 1.64. The molecule has 0 unspecified atom stereocenters. The Morgan fingerprint density at radius 3 is 2.55 bits per heavy atom. The fraction of sp³-hybridized carbons (Fsp3) is 0.250. The van der Waals surface area contributed by atoms with Crippen LogP contribution < -0.4 is 14.8 Å². The number of halogens is 1. The Morgan fingerprint density at radius 1 is 0.950 bits per heavy atom. The van der Waals surface area contributed by atoms with Gasteiger partial charge in [-0.25, -0.2) is 0 Å². The van der Waals surface area contributed by atoms with Gasteiger partial charge < -0.3 is 14.8 Å². The van der Waals surface area contributed by atoms with E-state index in [1.165, 1.54) is 11.1 Å². The van der Waals surface area contributed by atoms with Gasteiger partial charge in [0.2, 0.25) is 0 Å². The summed E-state index contributed by atoms with van der Waals surface area (Å²) in [6, 6.07) is 14.5. The summed E-state index contributed by atoms with van der Waals surface area (Å²) in [5, 5.41) is 3.43. The Kier molecular flexibility index (Phi) is 4.23. The average molecular weight is 334 g/mol. The van der Waals surface area contributed by atoms with Gasteiger partial charge in [-0.05, 0) is 39.2 Å². The second-order valence-corrected chi connectivity index (χ2v) is 5.55. The standard InChI is InChI=1S/C16H16BrNO2/c17-14-8-13(9-15-16(14)20-7-6-19-15)11-18-10-12-4-2-1-3-5-12/h1-5,8-9,18H,6-7,10-11H2. The van der Waals surface area contributed by atoms with E-state index in [-0.39, 0.29) is 0 Å². The first-order chi connectivity index (χ1) is 9.83. The second-order valence-electron chi connectivity index (χ2n) is 4.69. The lowest BCUT2D eigenvalue weighted by Crippen LogP contribution is -2.17. The lowest BCUT2D eigenvalue weighted by atomic mass is 10.2. The van der Waals surface area contributed by atoms with E-state index >= 15 is 0 Å². The van der Waals surface area contributed by atoms with Crippen molar-refractivity contribution >= 4 is 15.9 Å². The molecular formula is C16H16BrNO2. The maximum atomic E-state index is 5.63. The van der Waals surface area contributed by atoms with Crippen LogP contribution in [0.4, 0.5) is 0 Å². The molecule has 104 valence electrons. The zero-order valence-corrected chi connectivity index (χ0v) is 12.7. The summed E-state index contributed by atoms with van der Waals surface area (Å²) in [6.07, 6.45) is 0. The van der Waals surface area contributed by atoms with Crippen molar-refractivity contribution < 1.29 is 9.47 Å². The molecule has 0 atom stereocenters. The molecule has 1 N–H and O–H groups in total. The zero-order valence-electron chi connectivity index (χ0n) is 11.1. The van der Waals surface area contributed by atoms with Gasteiger partial charge in [-0.3, -0.25) is 0 Å². The van der Waals surface area contributed by atoms with Crippen LogP contribution in [0.2, 0.25) is 0 Å². The third kappa shape index (κ3) is 3.14. The third-order valence-electron chi connectivity index (χ3n) is 3.16. The summed E-state index contributed by atoms with van der Waals surface area (Å²) in [5.41, 5.74) is 2.46. The molecule has 0 aliphatic carbocycles. The molecule has 1 aliphatic heterocycles. The van der Waals surface area contributed by atoms with Crippen molar-refractivity contribution in [2.24, 2.45) is 0 Å². The average Bonchev–Trinajstić information content (AvgIpc) is 2.48. The lowest BCUT2D eigenvalue weighted by molar-refractivity contribution is 0.170. The van der Waals surface area contributed by atoms with Crippen molar-refractivity contribution in [1.82, 2.24) is 5.32 Å². The smallest absolute Gasteiger partial charge is 0.175 e. The minimum absolute atomic E-state index is 0.608. The van der Waals surface area contributed by atoms with Crippen molar-refractivity contribution in [2.45, 2.75) is 13.1 Å². The van der Waals surface area contributed by atoms with Crippen LogP contribution in [-0.2, 0) is 13.1 Å². The number of rotatable bonds is 4. The molecule has 0 spiro atoms. The molecule has 0 amide bonds. The van der Waals surface area contributed by atoms with Gasteiger partial charge in [-0.1, -0.05) is 30.3 Å². The van der Waals surface area contributed by atoms with Gasteiger partial charge in [0.25, 0.3) is 0 Å². The largest absolute Gasteiger partial charge is 0.486 e. The van der Waals surface area contributed by atoms with E-state index in [1.807, 2.05) is 12.1 Å². The number of ether oxygens (including phenoxy) is 2. The first-order valence-electron chi connectivity index (χ1n) is 6.65. The second kappa shape index (κ2) is 6.29. The first kappa shape index (κ1) is 13.5. The molecule has 1 heterocycles. The normalized spacial score (nSPS) is 13.2. The summed E-state index contributed by atoms with van der Waals surface area (Å²) in [7, 11) is 0. The number of hydrogen-bond acceptors (Lipinski definition) is 3. The van der Waals surface area contributed by atoms with Crippen molar-refractivity contribution in [1.29, 1.82) is 0 Å². The van der Waals surface area contributed by atoms with E-state index < -0.39 is 0 Å². The highest BCUT2D eigenvalue weighted by Gasteiger charge is 2.16. The van der Waals surface area contributed by atoms with Crippen LogP contribution in [0.15, 0.2) is 46.9 Å². The van der Waals surface area contributed by atoms with Crippen LogP contribution in [0, 0.1) is 0 Å². The SMILES string of the molecule is Brc1cc(CNCc2ccccc2)cc2c1OCCO2. The molecule has 0 bridgehead atoms. The Bertz CT molecular complexity index is 587. The van der Waals surface area contributed by atoms with E-state index in [2.05, 4.69) is 51.6 Å². The monoisotopic (exact) mass is 333 g/mol. The molecule has 0 saturated heterocycles. The fourth-order valence-electron chi connectivity index (χ4n) is 2.21. The van der Waals surface area contributed by atoms with Crippen molar-refractivity contribution in [3.8, 4) is 11.5 Å².